The van der Waals surface area contributed by atoms with Gasteiger partial charge in [-0.1, -0.05) is 72.8 Å². The molecule has 5 aromatic rings. The number of anilines is 1. The third kappa shape index (κ3) is 8.02. The van der Waals surface area contributed by atoms with Gasteiger partial charge in [0.05, 0.1) is 34.0 Å². The number of aryl methyl sites for hydroxylation is 1. The van der Waals surface area contributed by atoms with Crippen molar-refractivity contribution in [1.82, 2.24) is 9.55 Å². The van der Waals surface area contributed by atoms with E-state index in [0.717, 1.165) is 16.7 Å². The summed E-state index contributed by atoms with van der Waals surface area (Å²) in [6, 6.07) is 33.6. The Labute approximate surface area is 307 Å². The SMILES string of the molecule is COCCO[C@@H]1[C@@H](O)[C@@H](COC(c2ccccc2)(c2ccc(OC)cc2)c2ccc(OC)cc2)O[C@H]1n1cc(C)c(NC(=O)c2ccccc2)nc1=O. The quantitative estimate of drug-likeness (QED) is 0.111. The molecule has 12 nitrogen and oxygen atoms in total. The van der Waals surface area contributed by atoms with E-state index in [0.29, 0.717) is 22.6 Å². The lowest BCUT2D eigenvalue weighted by Gasteiger charge is -2.37. The van der Waals surface area contributed by atoms with Gasteiger partial charge < -0.3 is 38.8 Å². The Hall–Kier alpha value is -5.37. The van der Waals surface area contributed by atoms with Crippen molar-refractivity contribution in [3.63, 3.8) is 0 Å². The minimum atomic E-state index is -1.22. The molecular formula is C41H43N3O9. The summed E-state index contributed by atoms with van der Waals surface area (Å²) < 4.78 is 37.0. The van der Waals surface area contributed by atoms with Crippen LogP contribution in [0, 0.1) is 6.92 Å². The number of carbonyl (C=O) groups is 1. The summed E-state index contributed by atoms with van der Waals surface area (Å²) in [5.74, 6) is 1.07. The van der Waals surface area contributed by atoms with Crippen LogP contribution in [-0.4, -0.2) is 80.0 Å². The topological polar surface area (TPSA) is 140 Å². The highest BCUT2D eigenvalue weighted by molar-refractivity contribution is 6.04. The number of benzene rings is 4. The van der Waals surface area contributed by atoms with Gasteiger partial charge in [-0.25, -0.2) is 4.79 Å². The van der Waals surface area contributed by atoms with Gasteiger partial charge in [0.1, 0.15) is 41.2 Å². The van der Waals surface area contributed by atoms with E-state index in [1.807, 2.05) is 78.9 Å². The summed E-state index contributed by atoms with van der Waals surface area (Å²) in [6.07, 6.45) is -2.71. The molecule has 12 heteroatoms. The number of rotatable bonds is 15. The number of aromatic nitrogens is 2. The number of aliphatic hydroxyl groups is 1. The summed E-state index contributed by atoms with van der Waals surface area (Å²) in [5.41, 5.74) is 1.48. The molecule has 0 spiro atoms. The van der Waals surface area contributed by atoms with E-state index in [-0.39, 0.29) is 25.6 Å². The Morgan fingerprint density at radius 3 is 1.96 bits per heavy atom. The highest BCUT2D eigenvalue weighted by atomic mass is 16.6. The second-order valence-electron chi connectivity index (χ2n) is 12.5. The van der Waals surface area contributed by atoms with Crippen LogP contribution in [-0.2, 0) is 24.5 Å². The first-order valence-electron chi connectivity index (χ1n) is 17.2. The fourth-order valence-electron chi connectivity index (χ4n) is 6.45. The number of ether oxygens (including phenoxy) is 6. The molecule has 0 aliphatic carbocycles. The first-order chi connectivity index (χ1) is 25.8. The van der Waals surface area contributed by atoms with Crippen molar-refractivity contribution in [1.29, 1.82) is 0 Å². The number of amides is 1. The van der Waals surface area contributed by atoms with Gasteiger partial charge in [-0.3, -0.25) is 9.36 Å². The molecule has 4 aromatic carbocycles. The Kier molecular flexibility index (Phi) is 12.0. The van der Waals surface area contributed by atoms with Crippen LogP contribution in [0.3, 0.4) is 0 Å². The van der Waals surface area contributed by atoms with Crippen LogP contribution >= 0.6 is 0 Å². The molecule has 276 valence electrons. The number of hydrogen-bond acceptors (Lipinski definition) is 10. The third-order valence-electron chi connectivity index (χ3n) is 9.22. The van der Waals surface area contributed by atoms with Crippen molar-refractivity contribution in [3.8, 4) is 11.5 Å². The lowest BCUT2D eigenvalue weighted by molar-refractivity contribution is -0.0994. The highest BCUT2D eigenvalue weighted by Gasteiger charge is 2.48. The van der Waals surface area contributed by atoms with E-state index < -0.39 is 41.7 Å². The van der Waals surface area contributed by atoms with Crippen LogP contribution in [0.25, 0.3) is 0 Å². The van der Waals surface area contributed by atoms with Crippen LogP contribution in [0.5, 0.6) is 11.5 Å². The number of carbonyl (C=O) groups excluding carboxylic acids is 1. The first kappa shape index (κ1) is 37.4. The van der Waals surface area contributed by atoms with Crippen LogP contribution in [0.1, 0.15) is 38.8 Å². The minimum absolute atomic E-state index is 0.110. The molecule has 0 radical (unpaired) electrons. The van der Waals surface area contributed by atoms with Gasteiger partial charge in [0, 0.05) is 24.4 Å². The van der Waals surface area contributed by atoms with Gasteiger partial charge in [-0.2, -0.15) is 4.98 Å². The highest BCUT2D eigenvalue weighted by Crippen LogP contribution is 2.43. The zero-order valence-corrected chi connectivity index (χ0v) is 30.0. The van der Waals surface area contributed by atoms with E-state index >= 15 is 0 Å². The van der Waals surface area contributed by atoms with E-state index in [1.54, 1.807) is 58.6 Å². The molecule has 4 atom stereocenters. The number of nitrogens with zero attached hydrogens (tertiary/aromatic N) is 2. The first-order valence-corrected chi connectivity index (χ1v) is 17.2. The normalized spacial score (nSPS) is 18.4. The lowest BCUT2D eigenvalue weighted by atomic mass is 9.80. The van der Waals surface area contributed by atoms with Crippen molar-refractivity contribution >= 4 is 11.7 Å². The summed E-state index contributed by atoms with van der Waals surface area (Å²) in [6.45, 7) is 1.98. The van der Waals surface area contributed by atoms with Crippen LogP contribution in [0.15, 0.2) is 120 Å². The van der Waals surface area contributed by atoms with E-state index in [2.05, 4.69) is 10.3 Å². The molecular weight excluding hydrogens is 678 g/mol. The Bertz CT molecular complexity index is 1960. The van der Waals surface area contributed by atoms with Crippen molar-refractivity contribution in [3.05, 3.63) is 154 Å². The molecule has 1 aliphatic heterocycles. The van der Waals surface area contributed by atoms with Gasteiger partial charge >= 0.3 is 5.69 Å². The average Bonchev–Trinajstić information content (AvgIpc) is 3.51. The maximum absolute atomic E-state index is 13.6. The zero-order valence-electron chi connectivity index (χ0n) is 30.0. The molecule has 1 fully saturated rings. The Morgan fingerprint density at radius 2 is 1.40 bits per heavy atom. The molecule has 0 saturated carbocycles. The van der Waals surface area contributed by atoms with Crippen molar-refractivity contribution in [2.24, 2.45) is 0 Å². The van der Waals surface area contributed by atoms with Gasteiger partial charge in [0.2, 0.25) is 0 Å². The minimum Gasteiger partial charge on any atom is -0.497 e. The number of methoxy groups -OCH3 is 3. The number of nitrogens with one attached hydrogen (secondary N) is 1. The molecule has 1 aliphatic rings. The van der Waals surface area contributed by atoms with Crippen LogP contribution < -0.4 is 20.5 Å². The maximum Gasteiger partial charge on any atom is 0.351 e. The predicted molar refractivity (Wildman–Crippen MR) is 197 cm³/mol. The average molecular weight is 722 g/mol. The van der Waals surface area contributed by atoms with E-state index in [1.165, 1.54) is 10.8 Å². The molecule has 1 aromatic heterocycles. The Morgan fingerprint density at radius 1 is 0.830 bits per heavy atom. The zero-order chi connectivity index (χ0) is 37.4. The molecule has 0 bridgehead atoms. The maximum atomic E-state index is 13.6. The number of hydrogen-bond donors (Lipinski definition) is 2. The predicted octanol–water partition coefficient (Wildman–Crippen LogP) is 5.12. The summed E-state index contributed by atoms with van der Waals surface area (Å²) in [5, 5.41) is 14.5. The molecule has 53 heavy (non-hydrogen) atoms. The van der Waals surface area contributed by atoms with Crippen molar-refractivity contribution in [2.75, 3.05) is 46.5 Å². The second kappa shape index (κ2) is 17.0. The van der Waals surface area contributed by atoms with Gasteiger partial charge in [0.25, 0.3) is 5.91 Å². The summed E-state index contributed by atoms with van der Waals surface area (Å²) in [7, 11) is 4.76. The van der Waals surface area contributed by atoms with Gasteiger partial charge in [-0.15, -0.1) is 0 Å². The second-order valence-corrected chi connectivity index (χ2v) is 12.5. The molecule has 2 N–H and O–H groups in total. The van der Waals surface area contributed by atoms with Crippen molar-refractivity contribution in [2.45, 2.75) is 37.1 Å². The van der Waals surface area contributed by atoms with Crippen molar-refractivity contribution < 1.29 is 38.3 Å². The molecule has 1 saturated heterocycles. The lowest BCUT2D eigenvalue weighted by Crippen LogP contribution is -2.41. The summed E-state index contributed by atoms with van der Waals surface area (Å²) in [4.78, 5) is 30.6. The monoisotopic (exact) mass is 721 g/mol. The van der Waals surface area contributed by atoms with Crippen LogP contribution in [0.4, 0.5) is 5.82 Å². The largest absolute Gasteiger partial charge is 0.497 e. The Balaban J connectivity index is 1.35. The fourth-order valence-corrected chi connectivity index (χ4v) is 6.45. The fraction of sp³-hybridized carbons (Fsp3) is 0.293. The molecule has 6 rings (SSSR count). The van der Waals surface area contributed by atoms with E-state index in [9.17, 15) is 14.7 Å². The van der Waals surface area contributed by atoms with Gasteiger partial charge in [0.15, 0.2) is 6.23 Å². The number of aliphatic hydroxyl groups excluding tert-OH is 1. The third-order valence-corrected chi connectivity index (χ3v) is 9.22. The molecule has 1 amide bonds. The summed E-state index contributed by atoms with van der Waals surface area (Å²) >= 11 is 0. The molecule has 0 unspecified atom stereocenters. The van der Waals surface area contributed by atoms with Gasteiger partial charge in [-0.05, 0) is 60.0 Å². The smallest absolute Gasteiger partial charge is 0.351 e. The van der Waals surface area contributed by atoms with Crippen LogP contribution in [0.2, 0.25) is 0 Å². The standard InChI is InChI=1S/C41H43N3O9/c1-27-25-44(40(47)43-37(27)42-38(46)28-11-7-5-8-12-28)39-36(51-24-23-48-2)35(45)34(53-39)26-52-41(29-13-9-6-10-14-29,30-15-19-32(49-3)20-16-30)31-17-21-33(50-4)22-18-31/h5-22,25,34-36,39,45H,23-24,26H2,1-4H3,(H,42,43,46,47)/t34-,35+,36-,39-/m1/s1. The van der Waals surface area contributed by atoms with E-state index in [4.69, 9.17) is 28.4 Å². The molecule has 2 heterocycles.